The van der Waals surface area contributed by atoms with Gasteiger partial charge in [-0.3, -0.25) is 4.90 Å². The maximum Gasteiger partial charge on any atom is 0.410 e. The first-order chi connectivity index (χ1) is 15.6. The van der Waals surface area contributed by atoms with Gasteiger partial charge in [-0.15, -0.1) is 0 Å². The second-order valence-corrected chi connectivity index (χ2v) is 7.78. The summed E-state index contributed by atoms with van der Waals surface area (Å²) in [5, 5.41) is 19.0. The Balaban J connectivity index is 1.56. The van der Waals surface area contributed by atoms with E-state index < -0.39 is 18.1 Å². The summed E-state index contributed by atoms with van der Waals surface area (Å²) in [5.41, 5.74) is 5.19. The highest BCUT2D eigenvalue weighted by Gasteiger charge is 2.33. The molecule has 0 heterocycles. The molecule has 1 aliphatic rings. The number of carbonyl (C=O) groups is 2. The fourth-order valence-electron chi connectivity index (χ4n) is 4.29. The van der Waals surface area contributed by atoms with Crippen LogP contribution in [0.25, 0.3) is 11.1 Å². The molecule has 0 bridgehead atoms. The van der Waals surface area contributed by atoms with Crippen molar-refractivity contribution in [1.82, 2.24) is 4.90 Å². The van der Waals surface area contributed by atoms with Crippen LogP contribution in [0.4, 0.5) is 4.79 Å². The van der Waals surface area contributed by atoms with E-state index in [1.165, 1.54) is 4.90 Å². The van der Waals surface area contributed by atoms with Crippen LogP contribution in [-0.4, -0.2) is 46.4 Å². The number of carboxylic acid groups (broad SMARTS) is 1. The Labute approximate surface area is 186 Å². The second-order valence-electron chi connectivity index (χ2n) is 7.78. The Morgan fingerprint density at radius 2 is 1.44 bits per heavy atom. The first-order valence-corrected chi connectivity index (χ1v) is 10.6. The summed E-state index contributed by atoms with van der Waals surface area (Å²) in [6.45, 7) is -0.170. The van der Waals surface area contributed by atoms with E-state index in [4.69, 9.17) is 4.74 Å². The Bertz CT molecular complexity index is 1050. The summed E-state index contributed by atoms with van der Waals surface area (Å²) in [6.07, 6.45) is -0.789. The van der Waals surface area contributed by atoms with Crippen molar-refractivity contribution in [2.75, 3.05) is 13.2 Å². The summed E-state index contributed by atoms with van der Waals surface area (Å²) in [5.74, 6) is -1.30. The SMILES string of the molecule is O=C(O)[C@H](CCO)N(Cc1ccccc1)C(=O)OCC1c2ccccc2-c2ccccc21. The van der Waals surface area contributed by atoms with Gasteiger partial charge in [0, 0.05) is 25.5 Å². The van der Waals surface area contributed by atoms with Crippen LogP contribution < -0.4 is 0 Å². The fraction of sp³-hybridized carbons (Fsp3) is 0.231. The maximum atomic E-state index is 13.1. The lowest BCUT2D eigenvalue weighted by Crippen LogP contribution is -2.45. The predicted octanol–water partition coefficient (Wildman–Crippen LogP) is 4.27. The van der Waals surface area contributed by atoms with Crippen LogP contribution in [-0.2, 0) is 16.1 Å². The zero-order valence-electron chi connectivity index (χ0n) is 17.6. The maximum absolute atomic E-state index is 13.1. The van der Waals surface area contributed by atoms with Gasteiger partial charge in [-0.25, -0.2) is 9.59 Å². The molecule has 3 aromatic rings. The molecule has 0 aliphatic heterocycles. The third-order valence-electron chi connectivity index (χ3n) is 5.83. The highest BCUT2D eigenvalue weighted by Crippen LogP contribution is 2.44. The standard InChI is InChI=1S/C26H25NO5/c28-15-14-24(25(29)30)27(16-18-8-2-1-3-9-18)26(31)32-17-23-21-12-6-4-10-19(21)20-11-5-7-13-22(20)23/h1-13,23-24,28H,14-17H2,(H,29,30)/t24-/m0/s1. The molecule has 0 spiro atoms. The first kappa shape index (κ1) is 21.6. The molecule has 1 atom stereocenters. The van der Waals surface area contributed by atoms with Crippen molar-refractivity contribution in [2.45, 2.75) is 24.9 Å². The van der Waals surface area contributed by atoms with Gasteiger partial charge in [0.05, 0.1) is 0 Å². The van der Waals surface area contributed by atoms with Gasteiger partial charge in [-0.2, -0.15) is 0 Å². The molecule has 0 fully saturated rings. The van der Waals surface area contributed by atoms with Crippen molar-refractivity contribution in [3.05, 3.63) is 95.6 Å². The molecule has 6 heteroatoms. The number of rotatable bonds is 8. The molecular weight excluding hydrogens is 406 g/mol. The number of carbonyl (C=O) groups excluding carboxylic acids is 1. The number of carboxylic acids is 1. The Kier molecular flexibility index (Phi) is 6.52. The van der Waals surface area contributed by atoms with Crippen molar-refractivity contribution < 1.29 is 24.5 Å². The Morgan fingerprint density at radius 3 is 2.00 bits per heavy atom. The number of aliphatic hydroxyl groups excluding tert-OH is 1. The highest BCUT2D eigenvalue weighted by atomic mass is 16.6. The topological polar surface area (TPSA) is 87.1 Å². The molecule has 0 unspecified atom stereocenters. The average molecular weight is 431 g/mol. The minimum Gasteiger partial charge on any atom is -0.480 e. The Morgan fingerprint density at radius 1 is 0.875 bits per heavy atom. The quantitative estimate of drug-likeness (QED) is 0.556. The van der Waals surface area contributed by atoms with Gasteiger partial charge < -0.3 is 14.9 Å². The van der Waals surface area contributed by atoms with Crippen LogP contribution in [0.3, 0.4) is 0 Å². The van der Waals surface area contributed by atoms with Gasteiger partial charge >= 0.3 is 12.1 Å². The average Bonchev–Trinajstić information content (AvgIpc) is 3.14. The summed E-state index contributed by atoms with van der Waals surface area (Å²) in [6, 6.07) is 24.0. The smallest absolute Gasteiger partial charge is 0.410 e. The van der Waals surface area contributed by atoms with Crippen molar-refractivity contribution in [3.8, 4) is 11.1 Å². The minimum absolute atomic E-state index is 0.0770. The molecule has 3 aromatic carbocycles. The molecule has 0 saturated heterocycles. The van der Waals surface area contributed by atoms with Gasteiger partial charge in [-0.05, 0) is 27.8 Å². The molecule has 0 radical (unpaired) electrons. The van der Waals surface area contributed by atoms with E-state index >= 15 is 0 Å². The normalized spacial score (nSPS) is 13.2. The van der Waals surface area contributed by atoms with E-state index in [2.05, 4.69) is 12.1 Å². The van der Waals surface area contributed by atoms with E-state index in [9.17, 15) is 19.8 Å². The monoisotopic (exact) mass is 431 g/mol. The molecule has 6 nitrogen and oxygen atoms in total. The van der Waals surface area contributed by atoms with E-state index in [0.717, 1.165) is 27.8 Å². The van der Waals surface area contributed by atoms with E-state index in [1.807, 2.05) is 66.7 Å². The lowest BCUT2D eigenvalue weighted by atomic mass is 9.98. The third-order valence-corrected chi connectivity index (χ3v) is 5.83. The second kappa shape index (κ2) is 9.66. The molecule has 1 amide bonds. The molecular formula is C26H25NO5. The van der Waals surface area contributed by atoms with Gasteiger partial charge in [0.25, 0.3) is 0 Å². The van der Waals surface area contributed by atoms with Crippen LogP contribution in [0, 0.1) is 0 Å². The number of aliphatic hydroxyl groups is 1. The van der Waals surface area contributed by atoms with E-state index in [1.54, 1.807) is 0 Å². The summed E-state index contributed by atoms with van der Waals surface area (Å²) >= 11 is 0. The number of nitrogens with zero attached hydrogens (tertiary/aromatic N) is 1. The van der Waals surface area contributed by atoms with Gasteiger partial charge in [0.15, 0.2) is 0 Å². The lowest BCUT2D eigenvalue weighted by Gasteiger charge is -2.28. The zero-order valence-corrected chi connectivity index (χ0v) is 17.6. The van der Waals surface area contributed by atoms with Gasteiger partial charge in [-0.1, -0.05) is 78.9 Å². The van der Waals surface area contributed by atoms with E-state index in [0.29, 0.717) is 0 Å². The van der Waals surface area contributed by atoms with Crippen molar-refractivity contribution in [1.29, 1.82) is 0 Å². The highest BCUT2D eigenvalue weighted by molar-refractivity contribution is 5.81. The molecule has 164 valence electrons. The van der Waals surface area contributed by atoms with Crippen molar-refractivity contribution in [3.63, 3.8) is 0 Å². The summed E-state index contributed by atoms with van der Waals surface area (Å²) < 4.78 is 5.69. The number of hydrogen-bond donors (Lipinski definition) is 2. The minimum atomic E-state index is -1.18. The summed E-state index contributed by atoms with van der Waals surface area (Å²) in [7, 11) is 0. The van der Waals surface area contributed by atoms with Crippen molar-refractivity contribution in [2.24, 2.45) is 0 Å². The number of amides is 1. The van der Waals surface area contributed by atoms with Crippen LogP contribution in [0.2, 0.25) is 0 Å². The number of aliphatic carboxylic acids is 1. The number of fused-ring (bicyclic) bond motifs is 3. The molecule has 0 aromatic heterocycles. The number of ether oxygens (including phenoxy) is 1. The number of benzene rings is 3. The van der Waals surface area contributed by atoms with Crippen LogP contribution in [0.15, 0.2) is 78.9 Å². The molecule has 1 aliphatic carbocycles. The molecule has 0 saturated carbocycles. The van der Waals surface area contributed by atoms with Crippen LogP contribution in [0.5, 0.6) is 0 Å². The predicted molar refractivity (Wildman–Crippen MR) is 120 cm³/mol. The number of hydrogen-bond acceptors (Lipinski definition) is 4. The largest absolute Gasteiger partial charge is 0.480 e. The zero-order chi connectivity index (χ0) is 22.5. The molecule has 32 heavy (non-hydrogen) atoms. The van der Waals surface area contributed by atoms with E-state index in [-0.39, 0.29) is 32.1 Å². The van der Waals surface area contributed by atoms with Crippen LogP contribution >= 0.6 is 0 Å². The lowest BCUT2D eigenvalue weighted by molar-refractivity contribution is -0.143. The summed E-state index contributed by atoms with van der Waals surface area (Å²) in [4.78, 5) is 26.1. The van der Waals surface area contributed by atoms with Crippen LogP contribution in [0.1, 0.15) is 29.0 Å². The third kappa shape index (κ3) is 4.36. The van der Waals surface area contributed by atoms with Gasteiger partial charge in [0.2, 0.25) is 0 Å². The molecule has 2 N–H and O–H groups in total. The molecule has 4 rings (SSSR count). The van der Waals surface area contributed by atoms with Crippen molar-refractivity contribution >= 4 is 12.1 Å². The fourth-order valence-corrected chi connectivity index (χ4v) is 4.29. The van der Waals surface area contributed by atoms with Gasteiger partial charge in [0.1, 0.15) is 12.6 Å². The Hall–Kier alpha value is -3.64. The first-order valence-electron chi connectivity index (χ1n) is 10.6.